The second kappa shape index (κ2) is 22.3. The number of esters is 1. The van der Waals surface area contributed by atoms with E-state index in [0.29, 0.717) is 17.9 Å². The standard InChI is InChI=1S/C43H70O3S2/c1-10-11-12-13-14-15-16-17-18-19-20-21-22-23-24-25-27-47-28-26-39(44)46-41-36(43(7,8)9)30-34(3)32-38(41)48-37-31-33(2)29-35(40(37)45)42(4,5)6/h29-32,45H,10-28H2,1-9H3. The topological polar surface area (TPSA) is 46.5 Å². The summed E-state index contributed by atoms with van der Waals surface area (Å²) < 4.78 is 6.18. The van der Waals surface area contributed by atoms with Crippen LogP contribution in [0.4, 0.5) is 0 Å². The van der Waals surface area contributed by atoms with Gasteiger partial charge in [0.05, 0.1) is 16.2 Å². The van der Waals surface area contributed by atoms with Gasteiger partial charge in [-0.25, -0.2) is 0 Å². The summed E-state index contributed by atoms with van der Waals surface area (Å²) in [5.41, 5.74) is 3.76. The van der Waals surface area contributed by atoms with E-state index >= 15 is 0 Å². The highest BCUT2D eigenvalue weighted by molar-refractivity contribution is 7.99. The molecule has 0 atom stereocenters. The molecule has 3 nitrogen and oxygen atoms in total. The largest absolute Gasteiger partial charge is 0.506 e. The van der Waals surface area contributed by atoms with Gasteiger partial charge in [-0.2, -0.15) is 11.8 Å². The lowest BCUT2D eigenvalue weighted by Gasteiger charge is -2.26. The Kier molecular flexibility index (Phi) is 19.8. The molecule has 0 amide bonds. The molecule has 0 aliphatic carbocycles. The molecule has 272 valence electrons. The SMILES string of the molecule is CCCCCCCCCCCCCCCCCCSCCC(=O)Oc1c(Sc2cc(C)cc(C(C)(C)C)c2O)cc(C)cc1C(C)(C)C. The van der Waals surface area contributed by atoms with Gasteiger partial charge in [-0.05, 0) is 60.1 Å². The van der Waals surface area contributed by atoms with Crippen LogP contribution in [0.2, 0.25) is 0 Å². The number of thioether (sulfide) groups is 1. The third-order valence-electron chi connectivity index (χ3n) is 9.06. The zero-order valence-corrected chi connectivity index (χ0v) is 34.0. The molecule has 2 aromatic rings. The van der Waals surface area contributed by atoms with Gasteiger partial charge in [0.2, 0.25) is 0 Å². The number of aromatic hydroxyl groups is 1. The summed E-state index contributed by atoms with van der Waals surface area (Å²) in [4.78, 5) is 14.8. The van der Waals surface area contributed by atoms with Crippen molar-refractivity contribution in [1.29, 1.82) is 0 Å². The molecule has 0 spiro atoms. The molecule has 0 aromatic heterocycles. The lowest BCUT2D eigenvalue weighted by Crippen LogP contribution is -2.18. The minimum absolute atomic E-state index is 0.186. The number of phenolic OH excluding ortho intramolecular Hbond substituents is 1. The lowest BCUT2D eigenvalue weighted by molar-refractivity contribution is -0.134. The number of unbranched alkanes of at least 4 members (excludes halogenated alkanes) is 15. The van der Waals surface area contributed by atoms with Crippen molar-refractivity contribution in [2.45, 2.75) is 192 Å². The molecular weight excluding hydrogens is 629 g/mol. The maximum absolute atomic E-state index is 13.2. The van der Waals surface area contributed by atoms with E-state index in [4.69, 9.17) is 4.74 Å². The average Bonchev–Trinajstić information content (AvgIpc) is 3.00. The van der Waals surface area contributed by atoms with Crippen molar-refractivity contribution in [1.82, 2.24) is 0 Å². The molecule has 0 radical (unpaired) electrons. The molecular formula is C43H70O3S2. The van der Waals surface area contributed by atoms with Crippen molar-refractivity contribution in [3.8, 4) is 11.5 Å². The average molecular weight is 699 g/mol. The Labute approximate surface area is 304 Å². The minimum Gasteiger partial charge on any atom is -0.506 e. The Bertz CT molecular complexity index is 1220. The number of phenols is 1. The van der Waals surface area contributed by atoms with E-state index in [0.717, 1.165) is 43.6 Å². The molecule has 2 rings (SSSR count). The Morgan fingerprint density at radius 2 is 1.06 bits per heavy atom. The number of rotatable bonds is 23. The maximum atomic E-state index is 13.2. The Morgan fingerprint density at radius 1 is 0.625 bits per heavy atom. The van der Waals surface area contributed by atoms with E-state index < -0.39 is 0 Å². The van der Waals surface area contributed by atoms with Gasteiger partial charge < -0.3 is 9.84 Å². The normalized spacial score (nSPS) is 12.1. The van der Waals surface area contributed by atoms with Crippen molar-refractivity contribution >= 4 is 29.5 Å². The van der Waals surface area contributed by atoms with Crippen molar-refractivity contribution in [3.05, 3.63) is 46.5 Å². The van der Waals surface area contributed by atoms with Crippen molar-refractivity contribution in [2.24, 2.45) is 0 Å². The van der Waals surface area contributed by atoms with Crippen LogP contribution in [0, 0.1) is 13.8 Å². The summed E-state index contributed by atoms with van der Waals surface area (Å²) in [5, 5.41) is 11.3. The predicted octanol–water partition coefficient (Wildman–Crippen LogP) is 14.0. The maximum Gasteiger partial charge on any atom is 0.312 e. The van der Waals surface area contributed by atoms with E-state index in [9.17, 15) is 9.90 Å². The number of carbonyl (C=O) groups is 1. The van der Waals surface area contributed by atoms with Gasteiger partial charge in [0.15, 0.2) is 0 Å². The molecule has 0 saturated carbocycles. The van der Waals surface area contributed by atoms with Crippen molar-refractivity contribution in [2.75, 3.05) is 11.5 Å². The van der Waals surface area contributed by atoms with E-state index in [1.54, 1.807) is 0 Å². The van der Waals surface area contributed by atoms with Gasteiger partial charge in [-0.15, -0.1) is 0 Å². The lowest BCUT2D eigenvalue weighted by atomic mass is 9.85. The summed E-state index contributed by atoms with van der Waals surface area (Å²) in [6, 6.07) is 8.30. The second-order valence-corrected chi connectivity index (χ2v) is 18.3. The number of aryl methyl sites for hydroxylation is 2. The molecule has 0 fully saturated rings. The number of carbonyl (C=O) groups excluding carboxylic acids is 1. The summed E-state index contributed by atoms with van der Waals surface area (Å²) in [7, 11) is 0. The highest BCUT2D eigenvalue weighted by atomic mass is 32.2. The molecule has 0 heterocycles. The summed E-state index contributed by atoms with van der Waals surface area (Å²) in [6.45, 7) is 19.3. The van der Waals surface area contributed by atoms with Gasteiger partial charge in [0.25, 0.3) is 0 Å². The van der Waals surface area contributed by atoms with Crippen molar-refractivity contribution < 1.29 is 14.6 Å². The highest BCUT2D eigenvalue weighted by Gasteiger charge is 2.27. The molecule has 5 heteroatoms. The molecule has 0 aliphatic heterocycles. The van der Waals surface area contributed by atoms with Gasteiger partial charge in [-0.1, -0.05) is 169 Å². The number of hydrogen-bond acceptors (Lipinski definition) is 5. The fourth-order valence-electron chi connectivity index (χ4n) is 6.17. The first kappa shape index (κ1) is 42.6. The van der Waals surface area contributed by atoms with Crippen molar-refractivity contribution in [3.63, 3.8) is 0 Å². The number of benzene rings is 2. The third kappa shape index (κ3) is 16.4. The summed E-state index contributed by atoms with van der Waals surface area (Å²) in [5.74, 6) is 2.64. The first-order chi connectivity index (χ1) is 22.7. The Balaban J connectivity index is 1.76. The molecule has 0 saturated heterocycles. The van der Waals surface area contributed by atoms with E-state index in [-0.39, 0.29) is 16.8 Å². The Morgan fingerprint density at radius 3 is 1.54 bits per heavy atom. The van der Waals surface area contributed by atoms with Crippen LogP contribution >= 0.6 is 23.5 Å². The van der Waals surface area contributed by atoms with Crippen LogP contribution in [0.25, 0.3) is 0 Å². The second-order valence-electron chi connectivity index (χ2n) is 16.0. The highest BCUT2D eigenvalue weighted by Crippen LogP contribution is 2.47. The molecule has 1 N–H and O–H groups in total. The van der Waals surface area contributed by atoms with Gasteiger partial charge in [0.1, 0.15) is 11.5 Å². The number of ether oxygens (including phenoxy) is 1. The monoisotopic (exact) mass is 698 g/mol. The fourth-order valence-corrected chi connectivity index (χ4v) is 8.27. The van der Waals surface area contributed by atoms with Crippen LogP contribution in [0.5, 0.6) is 11.5 Å². The zero-order chi connectivity index (χ0) is 35.6. The first-order valence-electron chi connectivity index (χ1n) is 19.2. The predicted molar refractivity (Wildman–Crippen MR) is 213 cm³/mol. The van der Waals surface area contributed by atoms with Crippen LogP contribution < -0.4 is 4.74 Å². The molecule has 0 aliphatic rings. The van der Waals surface area contributed by atoms with Gasteiger partial charge >= 0.3 is 5.97 Å². The quantitative estimate of drug-likeness (QED) is 0.0711. The molecule has 0 unspecified atom stereocenters. The van der Waals surface area contributed by atoms with Crippen LogP contribution in [-0.4, -0.2) is 22.6 Å². The van der Waals surface area contributed by atoms with Gasteiger partial charge in [0, 0.05) is 16.9 Å². The summed E-state index contributed by atoms with van der Waals surface area (Å²) in [6.07, 6.45) is 22.6. The zero-order valence-electron chi connectivity index (χ0n) is 32.3. The van der Waals surface area contributed by atoms with E-state index in [1.165, 1.54) is 114 Å². The molecule has 48 heavy (non-hydrogen) atoms. The van der Waals surface area contributed by atoms with Crippen LogP contribution in [0.1, 0.15) is 180 Å². The third-order valence-corrected chi connectivity index (χ3v) is 11.2. The fraction of sp³-hybridized carbons (Fsp3) is 0.698. The molecule has 0 bridgehead atoms. The number of hydrogen-bond donors (Lipinski definition) is 1. The minimum atomic E-state index is -0.204. The van der Waals surface area contributed by atoms with Crippen LogP contribution in [-0.2, 0) is 15.6 Å². The summed E-state index contributed by atoms with van der Waals surface area (Å²) >= 11 is 3.36. The Hall–Kier alpha value is -1.59. The smallest absolute Gasteiger partial charge is 0.312 e. The molecule has 2 aromatic carbocycles. The van der Waals surface area contributed by atoms with Crippen LogP contribution in [0.15, 0.2) is 34.1 Å². The first-order valence-corrected chi connectivity index (χ1v) is 21.2. The van der Waals surface area contributed by atoms with Crippen LogP contribution in [0.3, 0.4) is 0 Å². The van der Waals surface area contributed by atoms with E-state index in [2.05, 4.69) is 80.5 Å². The van der Waals surface area contributed by atoms with Gasteiger partial charge in [-0.3, -0.25) is 4.79 Å². The van der Waals surface area contributed by atoms with E-state index in [1.807, 2.05) is 17.8 Å².